The molecule has 0 saturated carbocycles. The molecule has 0 bridgehead atoms. The van der Waals surface area contributed by atoms with Gasteiger partial charge in [0.15, 0.2) is 9.84 Å². The molecule has 0 radical (unpaired) electrons. The smallest absolute Gasteiger partial charge is 0.348 e. The Morgan fingerprint density at radius 2 is 1.76 bits per heavy atom. The van der Waals surface area contributed by atoms with Crippen LogP contribution in [0.2, 0.25) is 0 Å². The molecule has 1 amide bonds. The highest BCUT2D eigenvalue weighted by Gasteiger charge is 2.27. The van der Waals surface area contributed by atoms with E-state index in [9.17, 15) is 22.8 Å². The summed E-state index contributed by atoms with van der Waals surface area (Å²) in [6.45, 7) is 3.29. The lowest BCUT2D eigenvalue weighted by Crippen LogP contribution is -2.18. The van der Waals surface area contributed by atoms with E-state index in [1.807, 2.05) is 0 Å². The van der Waals surface area contributed by atoms with Crippen molar-refractivity contribution in [3.05, 3.63) is 46.3 Å². The fraction of sp³-hybridized carbons (Fsp3) is 0.316. The predicted molar refractivity (Wildman–Crippen MR) is 108 cm³/mol. The van der Waals surface area contributed by atoms with Gasteiger partial charge in [-0.25, -0.2) is 18.0 Å². The first kappa shape index (κ1) is 22.6. The second-order valence-corrected chi connectivity index (χ2v) is 9.03. The van der Waals surface area contributed by atoms with E-state index in [0.717, 1.165) is 11.3 Å². The first-order chi connectivity index (χ1) is 13.7. The van der Waals surface area contributed by atoms with Gasteiger partial charge >= 0.3 is 11.9 Å². The Morgan fingerprint density at radius 3 is 2.34 bits per heavy atom. The van der Waals surface area contributed by atoms with Crippen molar-refractivity contribution in [2.24, 2.45) is 0 Å². The van der Waals surface area contributed by atoms with Gasteiger partial charge in [-0.1, -0.05) is 18.2 Å². The number of benzene rings is 1. The number of esters is 2. The van der Waals surface area contributed by atoms with Gasteiger partial charge in [-0.3, -0.25) is 4.79 Å². The highest BCUT2D eigenvalue weighted by molar-refractivity contribution is 7.91. The summed E-state index contributed by atoms with van der Waals surface area (Å²) < 4.78 is 34.3. The third kappa shape index (κ3) is 5.42. The lowest BCUT2D eigenvalue weighted by molar-refractivity contribution is -0.115. The number of ether oxygens (including phenoxy) is 2. The van der Waals surface area contributed by atoms with Crippen LogP contribution in [-0.4, -0.2) is 45.7 Å². The maximum absolute atomic E-state index is 12.3. The molecule has 1 N–H and O–H groups in total. The van der Waals surface area contributed by atoms with E-state index < -0.39 is 33.4 Å². The van der Waals surface area contributed by atoms with Crippen LogP contribution in [0.15, 0.2) is 35.2 Å². The number of thiophene rings is 1. The summed E-state index contributed by atoms with van der Waals surface area (Å²) in [6, 6.07) is 7.80. The van der Waals surface area contributed by atoms with Crippen molar-refractivity contribution < 1.29 is 32.3 Å². The van der Waals surface area contributed by atoms with Crippen molar-refractivity contribution in [1.29, 1.82) is 0 Å². The van der Waals surface area contributed by atoms with Gasteiger partial charge in [-0.2, -0.15) is 0 Å². The second-order valence-electron chi connectivity index (χ2n) is 5.90. The average molecular weight is 440 g/mol. The Kier molecular flexibility index (Phi) is 7.52. The van der Waals surface area contributed by atoms with E-state index >= 15 is 0 Å². The number of methoxy groups -OCH3 is 1. The van der Waals surface area contributed by atoms with E-state index in [1.165, 1.54) is 19.2 Å². The van der Waals surface area contributed by atoms with Gasteiger partial charge < -0.3 is 14.8 Å². The van der Waals surface area contributed by atoms with E-state index in [4.69, 9.17) is 9.47 Å². The Balaban J connectivity index is 2.20. The van der Waals surface area contributed by atoms with Crippen molar-refractivity contribution >= 4 is 44.0 Å². The number of rotatable bonds is 8. The summed E-state index contributed by atoms with van der Waals surface area (Å²) in [5.74, 6) is -2.34. The summed E-state index contributed by atoms with van der Waals surface area (Å²) in [7, 11) is -2.42. The molecule has 0 aliphatic heterocycles. The zero-order valence-corrected chi connectivity index (χ0v) is 17.8. The standard InChI is InChI=1S/C19H21NO7S2/c1-4-27-18(22)15-12(2)16(19(23)26-3)28-17(15)20-14(21)10-11-29(24,25)13-8-6-5-7-9-13/h5-9H,4,10-11H2,1-3H3,(H,20,21). The summed E-state index contributed by atoms with van der Waals surface area (Å²) in [5, 5.41) is 2.63. The lowest BCUT2D eigenvalue weighted by atomic mass is 10.1. The number of hydrogen-bond acceptors (Lipinski definition) is 8. The molecule has 8 nitrogen and oxygen atoms in total. The Hall–Kier alpha value is -2.72. The zero-order chi connectivity index (χ0) is 21.6. The third-order valence-corrected chi connectivity index (χ3v) is 6.87. The molecule has 1 aromatic carbocycles. The highest BCUT2D eigenvalue weighted by atomic mass is 32.2. The van der Waals surface area contributed by atoms with Gasteiger partial charge in [-0.05, 0) is 31.5 Å². The Bertz CT molecular complexity index is 1010. The molecule has 0 aliphatic rings. The third-order valence-electron chi connectivity index (χ3n) is 3.95. The minimum Gasteiger partial charge on any atom is -0.465 e. The number of carbonyl (C=O) groups excluding carboxylic acids is 3. The largest absolute Gasteiger partial charge is 0.465 e. The zero-order valence-electron chi connectivity index (χ0n) is 16.2. The molecule has 1 aromatic heterocycles. The maximum Gasteiger partial charge on any atom is 0.348 e. The molecule has 156 valence electrons. The number of carbonyl (C=O) groups is 3. The van der Waals surface area contributed by atoms with E-state index in [-0.39, 0.29) is 33.4 Å². The quantitative estimate of drug-likeness (QED) is 0.629. The maximum atomic E-state index is 12.3. The summed E-state index contributed by atoms with van der Waals surface area (Å²) in [5.41, 5.74) is 0.379. The van der Waals surface area contributed by atoms with Crippen LogP contribution in [0.4, 0.5) is 5.00 Å². The highest BCUT2D eigenvalue weighted by Crippen LogP contribution is 2.34. The molecule has 10 heteroatoms. The molecule has 2 aromatic rings. The number of hydrogen-bond donors (Lipinski definition) is 1. The molecule has 0 fully saturated rings. The van der Waals surface area contributed by atoms with Crippen LogP contribution in [0.25, 0.3) is 0 Å². The summed E-state index contributed by atoms with van der Waals surface area (Å²) in [6.07, 6.45) is -0.315. The van der Waals surface area contributed by atoms with Crippen LogP contribution in [0, 0.1) is 6.92 Å². The van der Waals surface area contributed by atoms with Crippen molar-refractivity contribution in [3.8, 4) is 0 Å². The minimum absolute atomic E-state index is 0.0523. The normalized spacial score (nSPS) is 11.0. The average Bonchev–Trinajstić information content (AvgIpc) is 3.02. The molecule has 0 unspecified atom stereocenters. The molecule has 0 saturated heterocycles. The Labute approximate surface area is 172 Å². The number of anilines is 1. The first-order valence-corrected chi connectivity index (χ1v) is 11.1. The van der Waals surface area contributed by atoms with Gasteiger partial charge in [0.1, 0.15) is 9.88 Å². The number of nitrogens with one attached hydrogen (secondary N) is 1. The van der Waals surface area contributed by atoms with Crippen LogP contribution in [0.5, 0.6) is 0 Å². The van der Waals surface area contributed by atoms with Crippen LogP contribution >= 0.6 is 11.3 Å². The SMILES string of the molecule is CCOC(=O)c1c(NC(=O)CCS(=O)(=O)c2ccccc2)sc(C(=O)OC)c1C. The number of amides is 1. The van der Waals surface area contributed by atoms with Crippen molar-refractivity contribution in [3.63, 3.8) is 0 Å². The Morgan fingerprint density at radius 1 is 1.10 bits per heavy atom. The molecule has 0 aliphatic carbocycles. The van der Waals surface area contributed by atoms with Crippen molar-refractivity contribution in [2.75, 3.05) is 24.8 Å². The van der Waals surface area contributed by atoms with Crippen LogP contribution in [0.1, 0.15) is 38.9 Å². The molecule has 1 heterocycles. The van der Waals surface area contributed by atoms with E-state index in [0.29, 0.717) is 5.56 Å². The van der Waals surface area contributed by atoms with Gasteiger partial charge in [0.2, 0.25) is 5.91 Å². The molecular weight excluding hydrogens is 418 g/mol. The van der Waals surface area contributed by atoms with Crippen LogP contribution < -0.4 is 5.32 Å². The van der Waals surface area contributed by atoms with Crippen LogP contribution in [-0.2, 0) is 24.1 Å². The van der Waals surface area contributed by atoms with Gasteiger partial charge in [0.25, 0.3) is 0 Å². The molecular formula is C19H21NO7S2. The van der Waals surface area contributed by atoms with E-state index in [1.54, 1.807) is 32.0 Å². The number of sulfone groups is 1. The van der Waals surface area contributed by atoms with Crippen molar-refractivity contribution in [2.45, 2.75) is 25.2 Å². The van der Waals surface area contributed by atoms with Gasteiger partial charge in [-0.15, -0.1) is 11.3 Å². The summed E-state index contributed by atoms with van der Waals surface area (Å²) >= 11 is 0.874. The minimum atomic E-state index is -3.63. The topological polar surface area (TPSA) is 116 Å². The van der Waals surface area contributed by atoms with E-state index in [2.05, 4.69) is 5.32 Å². The van der Waals surface area contributed by atoms with Crippen molar-refractivity contribution in [1.82, 2.24) is 0 Å². The van der Waals surface area contributed by atoms with Gasteiger partial charge in [0, 0.05) is 6.42 Å². The molecule has 0 spiro atoms. The molecule has 0 atom stereocenters. The second kappa shape index (κ2) is 9.66. The van der Waals surface area contributed by atoms with Gasteiger partial charge in [0.05, 0.1) is 29.9 Å². The predicted octanol–water partition coefficient (Wildman–Crippen LogP) is 2.82. The monoisotopic (exact) mass is 439 g/mol. The van der Waals surface area contributed by atoms with Crippen LogP contribution in [0.3, 0.4) is 0 Å². The first-order valence-electron chi connectivity index (χ1n) is 8.67. The summed E-state index contributed by atoms with van der Waals surface area (Å²) in [4.78, 5) is 36.8. The fourth-order valence-electron chi connectivity index (χ4n) is 2.50. The fourth-order valence-corrected chi connectivity index (χ4v) is 4.89. The molecule has 2 rings (SSSR count). The molecule has 29 heavy (non-hydrogen) atoms. The lowest BCUT2D eigenvalue weighted by Gasteiger charge is -2.08.